The molecule has 45 heavy (non-hydrogen) atoms. The maximum Gasteiger partial charge on any atom is 0.273 e. The molecule has 0 aromatic rings. The number of carbonyl (C=O) groups is 3. The zero-order chi connectivity index (χ0) is 33.0. The fraction of sp³-hybridized carbons (Fsp3) is 0.559. The Morgan fingerprint density at radius 2 is 1.49 bits per heavy atom. The van der Waals surface area contributed by atoms with Crippen molar-refractivity contribution in [3.8, 4) is 0 Å². The van der Waals surface area contributed by atoms with Crippen molar-refractivity contribution in [2.75, 3.05) is 6.54 Å². The minimum absolute atomic E-state index is 0.168. The first-order valence-electron chi connectivity index (χ1n) is 16.1. The number of fused-ring (bicyclic) bond motifs is 1. The number of hydrogen-bond acceptors (Lipinski definition) is 8. The lowest BCUT2D eigenvalue weighted by Crippen LogP contribution is -2.66. The number of guanidine groups is 1. The molecule has 11 heteroatoms. The first-order chi connectivity index (χ1) is 21.6. The number of aliphatic hydroxyl groups is 2. The van der Waals surface area contributed by atoms with Gasteiger partial charge >= 0.3 is 0 Å². The average molecular weight is 625 g/mol. The highest BCUT2D eigenvalue weighted by Crippen LogP contribution is 2.11. The standard InChI is InChI=1S/C34H52N6O5/c1-5-6-7-8-9-10-11-12-13-14-15-16-17-18-19-20-21-22-27(42)37-28(24(2)3)32(44)39-34-38-31-29(33(45)40-34)36-26(23-35-31)30(43)25(4)41/h6-7,9-10,12-13,15-16,18-19,24-26,28-30,36,41,43H,5,8,11,14,17,20-23H2,1-4H3,(H,37,42)(H2,35,38,39,40,44,45)/b7-6-,10-9-,13-12-,16-15-,19-18-/t25-,26+,28-,29?,30-/m0/s1. The SMILES string of the molecule is CC/C=C\C/C=C\C/C=C\C/C=C\C/C=C\CCCC(=O)N[C@H](C(=O)NC1=NC(=O)C2N[C@@H]([C@@H](O)[C@H](C)O)CNC2=N1)C(C)C. The van der Waals surface area contributed by atoms with E-state index in [1.165, 1.54) is 6.92 Å². The van der Waals surface area contributed by atoms with Gasteiger partial charge in [-0.25, -0.2) is 0 Å². The largest absolute Gasteiger partial charge is 0.391 e. The lowest BCUT2D eigenvalue weighted by Gasteiger charge is -2.36. The van der Waals surface area contributed by atoms with E-state index in [0.29, 0.717) is 6.42 Å². The molecular weight excluding hydrogens is 572 g/mol. The molecule has 0 aromatic heterocycles. The molecule has 0 bridgehead atoms. The van der Waals surface area contributed by atoms with E-state index in [-0.39, 0.29) is 36.6 Å². The molecule has 0 radical (unpaired) electrons. The van der Waals surface area contributed by atoms with Crippen molar-refractivity contribution in [3.05, 3.63) is 60.8 Å². The Morgan fingerprint density at radius 3 is 2.04 bits per heavy atom. The highest BCUT2D eigenvalue weighted by atomic mass is 16.3. The van der Waals surface area contributed by atoms with Gasteiger partial charge in [-0.1, -0.05) is 81.5 Å². The molecule has 11 nitrogen and oxygen atoms in total. The van der Waals surface area contributed by atoms with Crippen molar-refractivity contribution in [2.45, 2.75) is 109 Å². The number of carbonyl (C=O) groups excluding carboxylic acids is 3. The van der Waals surface area contributed by atoms with E-state index in [0.717, 1.165) is 38.5 Å². The summed E-state index contributed by atoms with van der Waals surface area (Å²) < 4.78 is 0. The van der Waals surface area contributed by atoms with Crippen LogP contribution in [0.4, 0.5) is 0 Å². The molecule has 1 saturated heterocycles. The molecule has 0 saturated carbocycles. The molecule has 0 spiro atoms. The minimum Gasteiger partial charge on any atom is -0.391 e. The topological polar surface area (TPSA) is 165 Å². The van der Waals surface area contributed by atoms with E-state index in [2.05, 4.69) is 98.9 Å². The van der Waals surface area contributed by atoms with Crippen molar-refractivity contribution >= 4 is 29.5 Å². The van der Waals surface area contributed by atoms with Gasteiger partial charge in [-0.05, 0) is 57.8 Å². The number of nitrogens with zero attached hydrogens (tertiary/aromatic N) is 2. The van der Waals surface area contributed by atoms with Crippen LogP contribution in [0.3, 0.4) is 0 Å². The number of allylic oxidation sites excluding steroid dienone is 10. The number of rotatable bonds is 18. The minimum atomic E-state index is -1.08. The van der Waals surface area contributed by atoms with Crippen molar-refractivity contribution < 1.29 is 24.6 Å². The molecule has 2 rings (SSSR count). The molecule has 248 valence electrons. The maximum atomic E-state index is 13.0. The van der Waals surface area contributed by atoms with Gasteiger partial charge in [0.25, 0.3) is 5.91 Å². The highest BCUT2D eigenvalue weighted by molar-refractivity contribution is 6.20. The third-order valence-corrected chi connectivity index (χ3v) is 7.19. The van der Waals surface area contributed by atoms with E-state index < -0.39 is 42.1 Å². The Morgan fingerprint density at radius 1 is 0.911 bits per heavy atom. The van der Waals surface area contributed by atoms with E-state index in [1.54, 1.807) is 0 Å². The van der Waals surface area contributed by atoms with Gasteiger partial charge in [-0.3, -0.25) is 25.0 Å². The van der Waals surface area contributed by atoms with Crippen molar-refractivity contribution in [1.29, 1.82) is 0 Å². The number of unbranched alkanes of at least 4 members (excludes halogenated alkanes) is 1. The van der Waals surface area contributed by atoms with Crippen LogP contribution in [0.2, 0.25) is 0 Å². The van der Waals surface area contributed by atoms with Crippen LogP contribution in [0.5, 0.6) is 0 Å². The summed E-state index contributed by atoms with van der Waals surface area (Å²) in [6.45, 7) is 7.45. The summed E-state index contributed by atoms with van der Waals surface area (Å²) in [4.78, 5) is 46.3. The maximum absolute atomic E-state index is 13.0. The molecule has 1 fully saturated rings. The lowest BCUT2D eigenvalue weighted by molar-refractivity contribution is -0.129. The number of amidine groups is 1. The second kappa shape index (κ2) is 21.1. The summed E-state index contributed by atoms with van der Waals surface area (Å²) in [7, 11) is 0. The Hall–Kier alpha value is -3.67. The van der Waals surface area contributed by atoms with Crippen LogP contribution >= 0.6 is 0 Å². The van der Waals surface area contributed by atoms with E-state index in [4.69, 9.17) is 0 Å². The average Bonchev–Trinajstić information content (AvgIpc) is 3.00. The van der Waals surface area contributed by atoms with Crippen LogP contribution in [-0.4, -0.2) is 76.6 Å². The van der Waals surface area contributed by atoms with Gasteiger partial charge < -0.3 is 20.8 Å². The predicted octanol–water partition coefficient (Wildman–Crippen LogP) is 3.13. The lowest BCUT2D eigenvalue weighted by atomic mass is 10.0. The zero-order valence-corrected chi connectivity index (χ0v) is 27.1. The van der Waals surface area contributed by atoms with Crippen LogP contribution < -0.4 is 21.3 Å². The molecule has 5 atom stereocenters. The molecule has 1 unspecified atom stereocenters. The fourth-order valence-corrected chi connectivity index (χ4v) is 4.60. The molecule has 2 aliphatic heterocycles. The molecule has 0 aliphatic carbocycles. The van der Waals surface area contributed by atoms with Crippen molar-refractivity contribution in [2.24, 2.45) is 15.9 Å². The monoisotopic (exact) mass is 624 g/mol. The van der Waals surface area contributed by atoms with E-state index in [1.807, 2.05) is 13.8 Å². The van der Waals surface area contributed by atoms with Crippen LogP contribution in [0.25, 0.3) is 0 Å². The van der Waals surface area contributed by atoms with Crippen LogP contribution in [0, 0.1) is 5.92 Å². The van der Waals surface area contributed by atoms with E-state index >= 15 is 0 Å². The van der Waals surface area contributed by atoms with Crippen molar-refractivity contribution in [3.63, 3.8) is 0 Å². The summed E-state index contributed by atoms with van der Waals surface area (Å²) >= 11 is 0. The van der Waals surface area contributed by atoms with Crippen LogP contribution in [-0.2, 0) is 14.4 Å². The summed E-state index contributed by atoms with van der Waals surface area (Å²) in [6.07, 6.45) is 25.8. The highest BCUT2D eigenvalue weighted by Gasteiger charge is 2.38. The summed E-state index contributed by atoms with van der Waals surface area (Å²) in [6, 6.07) is -2.32. The Balaban J connectivity index is 1.69. The molecule has 0 aromatic carbocycles. The van der Waals surface area contributed by atoms with Crippen molar-refractivity contribution in [1.82, 2.24) is 21.3 Å². The van der Waals surface area contributed by atoms with Gasteiger partial charge in [0, 0.05) is 13.0 Å². The van der Waals surface area contributed by atoms with Gasteiger partial charge in [0.05, 0.1) is 18.2 Å². The zero-order valence-electron chi connectivity index (χ0n) is 27.1. The summed E-state index contributed by atoms with van der Waals surface area (Å²) in [5.41, 5.74) is 0. The van der Waals surface area contributed by atoms with Gasteiger partial charge in [-0.15, -0.1) is 0 Å². The predicted molar refractivity (Wildman–Crippen MR) is 180 cm³/mol. The number of hydrogen-bond donors (Lipinski definition) is 6. The van der Waals surface area contributed by atoms with Gasteiger partial charge in [0.2, 0.25) is 17.8 Å². The third-order valence-electron chi connectivity index (χ3n) is 7.19. The first kappa shape index (κ1) is 37.5. The van der Waals surface area contributed by atoms with Gasteiger partial charge in [0.1, 0.15) is 17.9 Å². The number of piperazine rings is 1. The van der Waals surface area contributed by atoms with Crippen LogP contribution in [0.15, 0.2) is 70.7 Å². The summed E-state index contributed by atoms with van der Waals surface area (Å²) in [5, 5.41) is 31.0. The molecule has 6 N–H and O–H groups in total. The number of aliphatic imine (C=N–C) groups is 2. The molecule has 2 aliphatic rings. The number of aliphatic hydroxyl groups excluding tert-OH is 2. The van der Waals surface area contributed by atoms with E-state index in [9.17, 15) is 24.6 Å². The Bertz CT molecular complexity index is 1170. The van der Waals surface area contributed by atoms with Crippen LogP contribution in [0.1, 0.15) is 79.1 Å². The molecular formula is C34H52N6O5. The number of nitrogens with one attached hydrogen (secondary N) is 4. The van der Waals surface area contributed by atoms with Gasteiger partial charge in [-0.2, -0.15) is 9.98 Å². The smallest absolute Gasteiger partial charge is 0.273 e. The summed E-state index contributed by atoms with van der Waals surface area (Å²) in [5.74, 6) is -1.46. The Labute approximate surface area is 267 Å². The fourth-order valence-electron chi connectivity index (χ4n) is 4.60. The number of amides is 3. The third kappa shape index (κ3) is 14.3. The molecule has 2 heterocycles. The normalized spacial score (nSPS) is 20.9. The Kier molecular flexibility index (Phi) is 17.6. The second-order valence-electron chi connectivity index (χ2n) is 11.5. The first-order valence-corrected chi connectivity index (χ1v) is 16.1. The quantitative estimate of drug-likeness (QED) is 0.101. The van der Waals surface area contributed by atoms with Gasteiger partial charge in [0.15, 0.2) is 0 Å². The second-order valence-corrected chi connectivity index (χ2v) is 11.5. The molecule has 3 amide bonds.